The first-order valence-corrected chi connectivity index (χ1v) is 6.19. The Labute approximate surface area is 98.1 Å². The molecule has 0 heterocycles. The molecule has 1 amide bonds. The molecule has 94 valence electrons. The molecule has 0 bridgehead atoms. The highest BCUT2D eigenvalue weighted by molar-refractivity contribution is 5.83. The van der Waals surface area contributed by atoms with E-state index in [1.807, 2.05) is 14.0 Å². The minimum Gasteiger partial charge on any atom is -0.380 e. The molecule has 1 saturated carbocycles. The Balaban J connectivity index is 2.47. The van der Waals surface area contributed by atoms with Crippen molar-refractivity contribution in [2.75, 3.05) is 33.4 Å². The Bertz CT molecular complexity index is 225. The molecule has 4 heteroatoms. The van der Waals surface area contributed by atoms with E-state index in [2.05, 4.69) is 0 Å². The van der Waals surface area contributed by atoms with Crippen LogP contribution in [0.5, 0.6) is 0 Å². The van der Waals surface area contributed by atoms with Gasteiger partial charge < -0.3 is 15.4 Å². The molecule has 1 aliphatic carbocycles. The standard InChI is InChI=1S/C12H24N2O2/c1-3-16-9-8-14(2)11(15)12(10-13)6-4-5-7-12/h3-10,13H2,1-2H3. The lowest BCUT2D eigenvalue weighted by Gasteiger charge is -2.31. The summed E-state index contributed by atoms with van der Waals surface area (Å²) < 4.78 is 5.26. The second-order valence-corrected chi connectivity index (χ2v) is 4.62. The molecule has 0 saturated heterocycles. The number of amides is 1. The summed E-state index contributed by atoms with van der Waals surface area (Å²) in [7, 11) is 1.84. The van der Waals surface area contributed by atoms with Crippen LogP contribution in [-0.4, -0.2) is 44.2 Å². The maximum absolute atomic E-state index is 12.3. The molecule has 0 aromatic heterocycles. The van der Waals surface area contributed by atoms with Crippen molar-refractivity contribution in [1.82, 2.24) is 4.90 Å². The summed E-state index contributed by atoms with van der Waals surface area (Å²) in [6, 6.07) is 0. The quantitative estimate of drug-likeness (QED) is 0.690. The number of ether oxygens (including phenoxy) is 1. The van der Waals surface area contributed by atoms with E-state index < -0.39 is 0 Å². The Hall–Kier alpha value is -0.610. The van der Waals surface area contributed by atoms with Gasteiger partial charge in [-0.25, -0.2) is 0 Å². The van der Waals surface area contributed by atoms with Crippen molar-refractivity contribution in [3.05, 3.63) is 0 Å². The van der Waals surface area contributed by atoms with Crippen LogP contribution in [0, 0.1) is 5.41 Å². The number of carbonyl (C=O) groups excluding carboxylic acids is 1. The molecule has 0 spiro atoms. The summed E-state index contributed by atoms with van der Waals surface area (Å²) in [6.07, 6.45) is 4.15. The van der Waals surface area contributed by atoms with E-state index in [1.165, 1.54) is 0 Å². The van der Waals surface area contributed by atoms with Crippen LogP contribution in [0.3, 0.4) is 0 Å². The van der Waals surface area contributed by atoms with Gasteiger partial charge >= 0.3 is 0 Å². The number of nitrogens with two attached hydrogens (primary N) is 1. The third kappa shape index (κ3) is 2.95. The SMILES string of the molecule is CCOCCN(C)C(=O)C1(CN)CCCC1. The van der Waals surface area contributed by atoms with E-state index in [9.17, 15) is 4.79 Å². The van der Waals surface area contributed by atoms with Crippen molar-refractivity contribution < 1.29 is 9.53 Å². The molecule has 1 aliphatic rings. The van der Waals surface area contributed by atoms with Crippen molar-refractivity contribution in [2.45, 2.75) is 32.6 Å². The van der Waals surface area contributed by atoms with Crippen LogP contribution < -0.4 is 5.73 Å². The highest BCUT2D eigenvalue weighted by Crippen LogP contribution is 2.38. The Kier molecular flexibility index (Phi) is 5.22. The average molecular weight is 228 g/mol. The first-order chi connectivity index (χ1) is 7.66. The summed E-state index contributed by atoms with van der Waals surface area (Å²) >= 11 is 0. The lowest BCUT2D eigenvalue weighted by molar-refractivity contribution is -0.140. The van der Waals surface area contributed by atoms with Crippen molar-refractivity contribution in [3.8, 4) is 0 Å². The molecule has 0 atom stereocenters. The van der Waals surface area contributed by atoms with Gasteiger partial charge in [0, 0.05) is 26.7 Å². The molecule has 0 radical (unpaired) electrons. The van der Waals surface area contributed by atoms with E-state index >= 15 is 0 Å². The van der Waals surface area contributed by atoms with Crippen molar-refractivity contribution in [3.63, 3.8) is 0 Å². The zero-order chi connectivity index (χ0) is 12.0. The minimum atomic E-state index is -0.277. The Morgan fingerprint density at radius 2 is 2.06 bits per heavy atom. The van der Waals surface area contributed by atoms with E-state index in [1.54, 1.807) is 4.90 Å². The highest BCUT2D eigenvalue weighted by Gasteiger charge is 2.41. The smallest absolute Gasteiger partial charge is 0.229 e. The fourth-order valence-electron chi connectivity index (χ4n) is 2.41. The van der Waals surface area contributed by atoms with Crippen molar-refractivity contribution in [2.24, 2.45) is 11.1 Å². The topological polar surface area (TPSA) is 55.6 Å². The molecular formula is C12H24N2O2. The molecule has 1 fully saturated rings. The van der Waals surface area contributed by atoms with Crippen LogP contribution in [0.4, 0.5) is 0 Å². The molecule has 0 aromatic rings. The fraction of sp³-hybridized carbons (Fsp3) is 0.917. The highest BCUT2D eigenvalue weighted by atomic mass is 16.5. The maximum atomic E-state index is 12.3. The predicted molar refractivity (Wildman–Crippen MR) is 64.1 cm³/mol. The first kappa shape index (κ1) is 13.5. The second kappa shape index (κ2) is 6.21. The number of carbonyl (C=O) groups is 1. The predicted octanol–water partition coefficient (Wildman–Crippen LogP) is 1.00. The van der Waals surface area contributed by atoms with Gasteiger partial charge in [0.25, 0.3) is 0 Å². The second-order valence-electron chi connectivity index (χ2n) is 4.62. The third-order valence-corrected chi connectivity index (χ3v) is 3.53. The van der Waals surface area contributed by atoms with Crippen molar-refractivity contribution >= 4 is 5.91 Å². The molecule has 0 aliphatic heterocycles. The van der Waals surface area contributed by atoms with Gasteiger partial charge in [0.15, 0.2) is 0 Å². The van der Waals surface area contributed by atoms with Gasteiger partial charge in [-0.05, 0) is 19.8 Å². The van der Waals surface area contributed by atoms with Gasteiger partial charge in [-0.15, -0.1) is 0 Å². The van der Waals surface area contributed by atoms with Crippen LogP contribution in [0.2, 0.25) is 0 Å². The Morgan fingerprint density at radius 1 is 1.44 bits per heavy atom. The van der Waals surface area contributed by atoms with Gasteiger partial charge in [-0.3, -0.25) is 4.79 Å². The zero-order valence-corrected chi connectivity index (χ0v) is 10.5. The average Bonchev–Trinajstić information content (AvgIpc) is 2.78. The van der Waals surface area contributed by atoms with Crippen LogP contribution >= 0.6 is 0 Å². The van der Waals surface area contributed by atoms with Crippen LogP contribution in [0.15, 0.2) is 0 Å². The summed E-state index contributed by atoms with van der Waals surface area (Å²) in [4.78, 5) is 14.1. The van der Waals surface area contributed by atoms with Crippen molar-refractivity contribution in [1.29, 1.82) is 0 Å². The van der Waals surface area contributed by atoms with Crippen LogP contribution in [-0.2, 0) is 9.53 Å². The molecule has 0 aromatic carbocycles. The molecule has 16 heavy (non-hydrogen) atoms. The van der Waals surface area contributed by atoms with E-state index in [-0.39, 0.29) is 11.3 Å². The normalized spacial score (nSPS) is 18.7. The van der Waals surface area contributed by atoms with Crippen LogP contribution in [0.1, 0.15) is 32.6 Å². The molecule has 2 N–H and O–H groups in total. The summed E-state index contributed by atoms with van der Waals surface area (Å²) in [5, 5.41) is 0. The molecule has 0 unspecified atom stereocenters. The molecular weight excluding hydrogens is 204 g/mol. The summed E-state index contributed by atoms with van der Waals surface area (Å²) in [6.45, 7) is 4.41. The summed E-state index contributed by atoms with van der Waals surface area (Å²) in [5.74, 6) is 0.201. The van der Waals surface area contributed by atoms with E-state index in [0.717, 1.165) is 25.7 Å². The lowest BCUT2D eigenvalue weighted by Crippen LogP contribution is -2.46. The molecule has 4 nitrogen and oxygen atoms in total. The Morgan fingerprint density at radius 3 is 2.56 bits per heavy atom. The fourth-order valence-corrected chi connectivity index (χ4v) is 2.41. The maximum Gasteiger partial charge on any atom is 0.229 e. The zero-order valence-electron chi connectivity index (χ0n) is 10.5. The number of rotatable bonds is 6. The van der Waals surface area contributed by atoms with E-state index in [0.29, 0.717) is 26.3 Å². The lowest BCUT2D eigenvalue weighted by atomic mass is 9.85. The monoisotopic (exact) mass is 228 g/mol. The number of likely N-dealkylation sites (N-methyl/N-ethyl adjacent to an activating group) is 1. The van der Waals surface area contributed by atoms with Gasteiger partial charge in [0.2, 0.25) is 5.91 Å². The first-order valence-electron chi connectivity index (χ1n) is 6.19. The van der Waals surface area contributed by atoms with Crippen LogP contribution in [0.25, 0.3) is 0 Å². The van der Waals surface area contributed by atoms with Gasteiger partial charge in [0.1, 0.15) is 0 Å². The minimum absolute atomic E-state index is 0.201. The third-order valence-electron chi connectivity index (χ3n) is 3.53. The number of nitrogens with zero attached hydrogens (tertiary/aromatic N) is 1. The molecule has 1 rings (SSSR count). The summed E-state index contributed by atoms with van der Waals surface area (Å²) in [5.41, 5.74) is 5.51. The van der Waals surface area contributed by atoms with E-state index in [4.69, 9.17) is 10.5 Å². The number of hydrogen-bond donors (Lipinski definition) is 1. The van der Waals surface area contributed by atoms with Gasteiger partial charge in [-0.2, -0.15) is 0 Å². The van der Waals surface area contributed by atoms with Gasteiger partial charge in [0.05, 0.1) is 12.0 Å². The number of hydrogen-bond acceptors (Lipinski definition) is 3. The largest absolute Gasteiger partial charge is 0.380 e. The van der Waals surface area contributed by atoms with Gasteiger partial charge in [-0.1, -0.05) is 12.8 Å².